The van der Waals surface area contributed by atoms with Crippen LogP contribution in [0.1, 0.15) is 15.9 Å². The minimum Gasteiger partial charge on any atom is -0.307 e. The highest BCUT2D eigenvalue weighted by atomic mass is 79.9. The van der Waals surface area contributed by atoms with E-state index in [4.69, 9.17) is 0 Å². The van der Waals surface area contributed by atoms with E-state index in [9.17, 15) is 22.8 Å². The summed E-state index contributed by atoms with van der Waals surface area (Å²) in [5.41, 5.74) is 3.55. The fourth-order valence-electron chi connectivity index (χ4n) is 1.76. The Hall–Kier alpha value is -2.55. The summed E-state index contributed by atoms with van der Waals surface area (Å²) in [4.78, 5) is 23.5. The van der Waals surface area contributed by atoms with Crippen LogP contribution >= 0.6 is 15.9 Å². The molecule has 0 spiro atoms. The Labute approximate surface area is 143 Å². The third-order valence-corrected chi connectivity index (χ3v) is 3.55. The third kappa shape index (κ3) is 4.72. The Bertz CT molecular complexity index is 766. The molecule has 0 saturated carbocycles. The average molecular weight is 402 g/mol. The first-order chi connectivity index (χ1) is 11.3. The number of hydrogen-bond donors (Lipinski definition) is 3. The smallest absolute Gasteiger partial charge is 0.307 e. The summed E-state index contributed by atoms with van der Waals surface area (Å²) >= 11 is 3.19. The van der Waals surface area contributed by atoms with Gasteiger partial charge in [0.1, 0.15) is 0 Å². The first-order valence-corrected chi connectivity index (χ1v) is 7.36. The monoisotopic (exact) mass is 401 g/mol. The van der Waals surface area contributed by atoms with Gasteiger partial charge in [-0.3, -0.25) is 10.2 Å². The van der Waals surface area contributed by atoms with E-state index in [0.717, 1.165) is 18.2 Å². The summed E-state index contributed by atoms with van der Waals surface area (Å²) in [6, 6.07) is 9.80. The van der Waals surface area contributed by atoms with Gasteiger partial charge in [-0.05, 0) is 46.3 Å². The quantitative estimate of drug-likeness (QED) is 0.667. The summed E-state index contributed by atoms with van der Waals surface area (Å²) in [6.45, 7) is 0. The number of carbonyl (C=O) groups is 2. The van der Waals surface area contributed by atoms with E-state index in [1.807, 2.05) is 0 Å². The molecule has 5 nitrogen and oxygen atoms in total. The lowest BCUT2D eigenvalue weighted by molar-refractivity contribution is -0.137. The number of hydrogen-bond acceptors (Lipinski definition) is 2. The SMILES string of the molecule is O=C(NNC(=O)c1ccccc1Br)Nc1cccc(C(F)(F)F)c1. The number of halogens is 4. The van der Waals surface area contributed by atoms with Crippen molar-refractivity contribution in [3.05, 3.63) is 64.1 Å². The minimum atomic E-state index is -4.51. The number of benzene rings is 2. The average Bonchev–Trinajstić information content (AvgIpc) is 2.52. The van der Waals surface area contributed by atoms with Crippen LogP contribution in [-0.4, -0.2) is 11.9 Å². The summed E-state index contributed by atoms with van der Waals surface area (Å²) in [5.74, 6) is -0.582. The highest BCUT2D eigenvalue weighted by molar-refractivity contribution is 9.10. The van der Waals surface area contributed by atoms with Gasteiger partial charge >= 0.3 is 12.2 Å². The van der Waals surface area contributed by atoms with E-state index >= 15 is 0 Å². The second-order valence-corrected chi connectivity index (χ2v) is 5.45. The normalized spacial score (nSPS) is 10.8. The van der Waals surface area contributed by atoms with Crippen molar-refractivity contribution < 1.29 is 22.8 Å². The lowest BCUT2D eigenvalue weighted by Crippen LogP contribution is -2.44. The van der Waals surface area contributed by atoms with Crippen LogP contribution < -0.4 is 16.2 Å². The van der Waals surface area contributed by atoms with Crippen molar-refractivity contribution in [1.82, 2.24) is 10.9 Å². The molecule has 0 atom stereocenters. The van der Waals surface area contributed by atoms with Crippen molar-refractivity contribution in [3.8, 4) is 0 Å². The first-order valence-electron chi connectivity index (χ1n) is 6.56. The Morgan fingerprint density at radius 1 is 0.958 bits per heavy atom. The van der Waals surface area contributed by atoms with Gasteiger partial charge in [0.25, 0.3) is 5.91 Å². The van der Waals surface area contributed by atoms with Crippen molar-refractivity contribution in [2.75, 3.05) is 5.32 Å². The molecule has 2 aromatic rings. The maximum atomic E-state index is 12.6. The zero-order valence-electron chi connectivity index (χ0n) is 11.9. The Kier molecular flexibility index (Phi) is 5.45. The second kappa shape index (κ2) is 7.35. The maximum absolute atomic E-state index is 12.6. The van der Waals surface area contributed by atoms with E-state index in [1.54, 1.807) is 18.2 Å². The molecule has 0 aliphatic carbocycles. The zero-order chi connectivity index (χ0) is 17.7. The number of alkyl halides is 3. The van der Waals surface area contributed by atoms with Gasteiger partial charge in [-0.15, -0.1) is 0 Å². The van der Waals surface area contributed by atoms with Crippen LogP contribution in [0.25, 0.3) is 0 Å². The molecule has 3 amide bonds. The van der Waals surface area contributed by atoms with Gasteiger partial charge in [0.2, 0.25) is 0 Å². The highest BCUT2D eigenvalue weighted by Crippen LogP contribution is 2.30. The number of urea groups is 1. The molecule has 0 bridgehead atoms. The van der Waals surface area contributed by atoms with Gasteiger partial charge in [0.05, 0.1) is 11.1 Å². The van der Waals surface area contributed by atoms with Gasteiger partial charge in [-0.25, -0.2) is 10.2 Å². The maximum Gasteiger partial charge on any atom is 0.416 e. The molecule has 2 rings (SSSR count). The number of carbonyl (C=O) groups excluding carboxylic acids is 2. The van der Waals surface area contributed by atoms with Gasteiger partial charge in [0, 0.05) is 10.2 Å². The second-order valence-electron chi connectivity index (χ2n) is 4.59. The van der Waals surface area contributed by atoms with Crippen LogP contribution in [0.2, 0.25) is 0 Å². The molecule has 0 unspecified atom stereocenters. The fraction of sp³-hybridized carbons (Fsp3) is 0.0667. The molecule has 0 radical (unpaired) electrons. The van der Waals surface area contributed by atoms with Crippen molar-refractivity contribution in [1.29, 1.82) is 0 Å². The number of amides is 3. The van der Waals surface area contributed by atoms with Crippen LogP contribution in [0.3, 0.4) is 0 Å². The predicted molar refractivity (Wildman–Crippen MR) is 85.2 cm³/mol. The molecule has 9 heteroatoms. The summed E-state index contributed by atoms with van der Waals surface area (Å²) in [6.07, 6.45) is -4.51. The van der Waals surface area contributed by atoms with Crippen molar-refractivity contribution in [3.63, 3.8) is 0 Å². The van der Waals surface area contributed by atoms with Crippen LogP contribution in [-0.2, 0) is 6.18 Å². The van der Waals surface area contributed by atoms with Crippen LogP contribution in [0.5, 0.6) is 0 Å². The molecule has 0 aliphatic rings. The van der Waals surface area contributed by atoms with Crippen LogP contribution in [0.4, 0.5) is 23.7 Å². The molecule has 2 aromatic carbocycles. The molecule has 0 heterocycles. The molecular weight excluding hydrogens is 391 g/mol. The fourth-order valence-corrected chi connectivity index (χ4v) is 2.23. The van der Waals surface area contributed by atoms with Gasteiger partial charge in [0.15, 0.2) is 0 Å². The number of rotatable bonds is 2. The predicted octanol–water partition coefficient (Wildman–Crippen LogP) is 3.93. The summed E-state index contributed by atoms with van der Waals surface area (Å²) < 4.78 is 38.3. The summed E-state index contributed by atoms with van der Waals surface area (Å²) in [7, 11) is 0. The van der Waals surface area contributed by atoms with Crippen molar-refractivity contribution >= 4 is 33.6 Å². The minimum absolute atomic E-state index is 0.0579. The van der Waals surface area contributed by atoms with Crippen LogP contribution in [0, 0.1) is 0 Å². The largest absolute Gasteiger partial charge is 0.416 e. The lowest BCUT2D eigenvalue weighted by atomic mass is 10.2. The molecule has 126 valence electrons. The lowest BCUT2D eigenvalue weighted by Gasteiger charge is -2.11. The number of hydrazine groups is 1. The molecule has 0 aliphatic heterocycles. The van der Waals surface area contributed by atoms with E-state index in [2.05, 4.69) is 32.1 Å². The molecule has 3 N–H and O–H groups in total. The van der Waals surface area contributed by atoms with Gasteiger partial charge in [-0.2, -0.15) is 13.2 Å². The summed E-state index contributed by atoms with van der Waals surface area (Å²) in [5, 5.41) is 2.20. The Morgan fingerprint density at radius 2 is 1.67 bits per heavy atom. The number of nitrogens with one attached hydrogen (secondary N) is 3. The number of anilines is 1. The zero-order valence-corrected chi connectivity index (χ0v) is 13.5. The molecular formula is C15H11BrF3N3O2. The topological polar surface area (TPSA) is 70.2 Å². The van der Waals surface area contributed by atoms with Gasteiger partial charge in [-0.1, -0.05) is 18.2 Å². The van der Waals surface area contributed by atoms with Crippen molar-refractivity contribution in [2.24, 2.45) is 0 Å². The van der Waals surface area contributed by atoms with Gasteiger partial charge < -0.3 is 5.32 Å². The molecule has 0 aromatic heterocycles. The highest BCUT2D eigenvalue weighted by Gasteiger charge is 2.30. The first kappa shape index (κ1) is 17.8. The van der Waals surface area contributed by atoms with E-state index in [1.165, 1.54) is 12.1 Å². The standard InChI is InChI=1S/C15H11BrF3N3O2/c16-12-7-2-1-6-11(12)13(23)21-22-14(24)20-10-5-3-4-9(8-10)15(17,18)19/h1-8H,(H,21,23)(H2,20,22,24). The van der Waals surface area contributed by atoms with E-state index < -0.39 is 23.7 Å². The van der Waals surface area contributed by atoms with Crippen molar-refractivity contribution in [2.45, 2.75) is 6.18 Å². The molecule has 24 heavy (non-hydrogen) atoms. The third-order valence-electron chi connectivity index (χ3n) is 2.86. The Balaban J connectivity index is 1.95. The molecule has 0 fully saturated rings. The van der Waals surface area contributed by atoms with E-state index in [0.29, 0.717) is 4.47 Å². The van der Waals surface area contributed by atoms with E-state index in [-0.39, 0.29) is 11.3 Å². The Morgan fingerprint density at radius 3 is 2.33 bits per heavy atom. The van der Waals surface area contributed by atoms with Crippen LogP contribution in [0.15, 0.2) is 53.0 Å². The molecule has 0 saturated heterocycles.